The number of carbonyl (C=O) groups is 1. The molecule has 0 saturated carbocycles. The second-order valence-corrected chi connectivity index (χ2v) is 5.21. The average molecular weight is 294 g/mol. The number of nitrogens with zero attached hydrogens (tertiary/aromatic N) is 3. The summed E-state index contributed by atoms with van der Waals surface area (Å²) in [6, 6.07) is 0. The molecular weight excluding hydrogens is 273 g/mol. The molecule has 0 unspecified atom stereocenters. The van der Waals surface area contributed by atoms with E-state index in [1.165, 1.54) is 0 Å². The highest BCUT2D eigenvalue weighted by atomic mass is 19.4. The number of nitrogens with two attached hydrogens (primary N) is 1. The number of rotatable bonds is 3. The highest BCUT2D eigenvalue weighted by Gasteiger charge is 2.31. The van der Waals surface area contributed by atoms with E-state index in [9.17, 15) is 18.0 Å². The summed E-state index contributed by atoms with van der Waals surface area (Å²) in [6.45, 7) is 2.05. The Morgan fingerprint density at radius 3 is 2.45 bits per heavy atom. The Balaban J connectivity index is 2.44. The molecule has 0 spiro atoms. The standard InChI is InChI=1S/C12H21F3N4O/c1-9-3-5-19(6-4-9)11(16)17-7-10(20)18(2)8-12(13,14)15/h9H,3-8H2,1-2H3,(H2,16,17). The molecule has 20 heavy (non-hydrogen) atoms. The number of piperidine rings is 1. The van der Waals surface area contributed by atoms with Crippen LogP contribution in [0.4, 0.5) is 13.2 Å². The van der Waals surface area contributed by atoms with Gasteiger partial charge >= 0.3 is 6.18 Å². The van der Waals surface area contributed by atoms with Gasteiger partial charge in [-0.05, 0) is 18.8 Å². The minimum absolute atomic E-state index is 0.227. The number of hydrogen-bond acceptors (Lipinski definition) is 2. The third kappa shape index (κ3) is 5.66. The Labute approximate surface area is 116 Å². The number of amides is 1. The highest BCUT2D eigenvalue weighted by Crippen LogP contribution is 2.16. The van der Waals surface area contributed by atoms with E-state index in [1.807, 2.05) is 4.90 Å². The fourth-order valence-electron chi connectivity index (χ4n) is 1.96. The number of likely N-dealkylation sites (tertiary alicyclic amines) is 1. The molecule has 1 aliphatic heterocycles. The molecule has 8 heteroatoms. The van der Waals surface area contributed by atoms with Crippen LogP contribution < -0.4 is 5.73 Å². The molecule has 1 rings (SSSR count). The second-order valence-electron chi connectivity index (χ2n) is 5.21. The Morgan fingerprint density at radius 1 is 1.40 bits per heavy atom. The first-order valence-corrected chi connectivity index (χ1v) is 6.54. The summed E-state index contributed by atoms with van der Waals surface area (Å²) in [6.07, 6.45) is -2.40. The smallest absolute Gasteiger partial charge is 0.370 e. The minimum Gasteiger partial charge on any atom is -0.370 e. The zero-order chi connectivity index (χ0) is 15.3. The van der Waals surface area contributed by atoms with Crippen LogP contribution in [0.3, 0.4) is 0 Å². The van der Waals surface area contributed by atoms with Crippen LogP contribution in [-0.2, 0) is 4.79 Å². The van der Waals surface area contributed by atoms with Crippen LogP contribution in [0.25, 0.3) is 0 Å². The Morgan fingerprint density at radius 2 is 1.95 bits per heavy atom. The monoisotopic (exact) mass is 294 g/mol. The largest absolute Gasteiger partial charge is 0.406 e. The van der Waals surface area contributed by atoms with Gasteiger partial charge in [-0.25, -0.2) is 4.99 Å². The third-order valence-electron chi connectivity index (χ3n) is 3.33. The quantitative estimate of drug-likeness (QED) is 0.625. The molecule has 5 nitrogen and oxygen atoms in total. The summed E-state index contributed by atoms with van der Waals surface area (Å²) in [4.78, 5) is 17.9. The second kappa shape index (κ2) is 6.81. The Bertz CT molecular complexity index is 362. The fourth-order valence-corrected chi connectivity index (χ4v) is 1.96. The Hall–Kier alpha value is -1.47. The maximum absolute atomic E-state index is 12.1. The van der Waals surface area contributed by atoms with Gasteiger partial charge < -0.3 is 15.5 Å². The van der Waals surface area contributed by atoms with Crippen molar-refractivity contribution in [2.45, 2.75) is 25.9 Å². The molecule has 0 atom stereocenters. The normalized spacial score (nSPS) is 18.2. The topological polar surface area (TPSA) is 61.9 Å². The number of aliphatic imine (C=N–C) groups is 1. The SMILES string of the molecule is CC1CCN(C(N)=NCC(=O)N(C)CC(F)(F)F)CC1. The van der Waals surface area contributed by atoms with Crippen molar-refractivity contribution in [3.8, 4) is 0 Å². The zero-order valence-corrected chi connectivity index (χ0v) is 11.8. The van der Waals surface area contributed by atoms with Crippen molar-refractivity contribution in [1.29, 1.82) is 0 Å². The van der Waals surface area contributed by atoms with Gasteiger partial charge in [-0.3, -0.25) is 4.79 Å². The third-order valence-corrected chi connectivity index (χ3v) is 3.33. The molecule has 1 aliphatic rings. The lowest BCUT2D eigenvalue weighted by Gasteiger charge is -2.31. The van der Waals surface area contributed by atoms with Gasteiger partial charge in [0, 0.05) is 20.1 Å². The van der Waals surface area contributed by atoms with Gasteiger partial charge in [-0.2, -0.15) is 13.2 Å². The predicted octanol–water partition coefficient (Wildman–Crippen LogP) is 1.05. The lowest BCUT2D eigenvalue weighted by Crippen LogP contribution is -2.43. The van der Waals surface area contributed by atoms with Crippen LogP contribution in [0.2, 0.25) is 0 Å². The predicted molar refractivity (Wildman–Crippen MR) is 70.2 cm³/mol. The molecule has 116 valence electrons. The van der Waals surface area contributed by atoms with Gasteiger partial charge in [0.15, 0.2) is 5.96 Å². The van der Waals surface area contributed by atoms with Crippen LogP contribution >= 0.6 is 0 Å². The minimum atomic E-state index is -4.40. The van der Waals surface area contributed by atoms with Gasteiger partial charge in [0.2, 0.25) is 5.91 Å². The summed E-state index contributed by atoms with van der Waals surface area (Å²) >= 11 is 0. The molecule has 0 aromatic rings. The van der Waals surface area contributed by atoms with E-state index in [0.717, 1.165) is 33.0 Å². The van der Waals surface area contributed by atoms with Crippen LogP contribution in [0.15, 0.2) is 4.99 Å². The van der Waals surface area contributed by atoms with Gasteiger partial charge in [-0.15, -0.1) is 0 Å². The number of guanidine groups is 1. The molecule has 1 amide bonds. The van der Waals surface area contributed by atoms with Crippen molar-refractivity contribution in [2.75, 3.05) is 33.2 Å². The zero-order valence-electron chi connectivity index (χ0n) is 11.8. The molecule has 0 aliphatic carbocycles. The van der Waals surface area contributed by atoms with E-state index in [-0.39, 0.29) is 12.5 Å². The lowest BCUT2D eigenvalue weighted by atomic mass is 10.00. The van der Waals surface area contributed by atoms with Gasteiger partial charge in [-0.1, -0.05) is 6.92 Å². The molecule has 1 fully saturated rings. The summed E-state index contributed by atoms with van der Waals surface area (Å²) < 4.78 is 36.4. The molecule has 0 radical (unpaired) electrons. The van der Waals surface area contributed by atoms with Crippen LogP contribution in [0.1, 0.15) is 19.8 Å². The van der Waals surface area contributed by atoms with E-state index in [4.69, 9.17) is 5.73 Å². The fraction of sp³-hybridized carbons (Fsp3) is 0.833. The van der Waals surface area contributed by atoms with Crippen molar-refractivity contribution in [2.24, 2.45) is 16.6 Å². The number of likely N-dealkylation sites (N-methyl/N-ethyl adjacent to an activating group) is 1. The molecule has 0 aromatic heterocycles. The maximum atomic E-state index is 12.1. The highest BCUT2D eigenvalue weighted by molar-refractivity contribution is 5.84. The van der Waals surface area contributed by atoms with E-state index >= 15 is 0 Å². The Kier molecular flexibility index (Phi) is 5.64. The first-order chi connectivity index (χ1) is 9.19. The molecule has 0 aromatic carbocycles. The van der Waals surface area contributed by atoms with Crippen molar-refractivity contribution < 1.29 is 18.0 Å². The van der Waals surface area contributed by atoms with E-state index in [0.29, 0.717) is 10.8 Å². The van der Waals surface area contributed by atoms with E-state index in [1.54, 1.807) is 0 Å². The van der Waals surface area contributed by atoms with E-state index < -0.39 is 18.6 Å². The maximum Gasteiger partial charge on any atom is 0.406 e. The average Bonchev–Trinajstić information content (AvgIpc) is 2.34. The number of carbonyl (C=O) groups excluding carboxylic acids is 1. The molecular formula is C12H21F3N4O. The number of halogens is 3. The van der Waals surface area contributed by atoms with Gasteiger partial charge in [0.1, 0.15) is 13.1 Å². The molecule has 1 saturated heterocycles. The van der Waals surface area contributed by atoms with Crippen molar-refractivity contribution in [3.63, 3.8) is 0 Å². The first kappa shape index (κ1) is 16.6. The van der Waals surface area contributed by atoms with Crippen molar-refractivity contribution in [1.82, 2.24) is 9.80 Å². The van der Waals surface area contributed by atoms with Crippen LogP contribution in [0, 0.1) is 5.92 Å². The lowest BCUT2D eigenvalue weighted by molar-refractivity contribution is -0.157. The van der Waals surface area contributed by atoms with Gasteiger partial charge in [0.25, 0.3) is 0 Å². The van der Waals surface area contributed by atoms with Crippen molar-refractivity contribution >= 4 is 11.9 Å². The molecule has 0 bridgehead atoms. The summed E-state index contributed by atoms with van der Waals surface area (Å²) in [5, 5.41) is 0. The van der Waals surface area contributed by atoms with Gasteiger partial charge in [0.05, 0.1) is 0 Å². The molecule has 2 N–H and O–H groups in total. The molecule has 1 heterocycles. The van der Waals surface area contributed by atoms with Crippen LogP contribution in [0.5, 0.6) is 0 Å². The van der Waals surface area contributed by atoms with Crippen LogP contribution in [-0.4, -0.2) is 61.1 Å². The van der Waals surface area contributed by atoms with Crippen molar-refractivity contribution in [3.05, 3.63) is 0 Å². The number of hydrogen-bond donors (Lipinski definition) is 1. The summed E-state index contributed by atoms with van der Waals surface area (Å²) in [5.74, 6) is 0.167. The first-order valence-electron chi connectivity index (χ1n) is 6.54. The van der Waals surface area contributed by atoms with E-state index in [2.05, 4.69) is 11.9 Å². The summed E-state index contributed by atoms with van der Waals surface area (Å²) in [7, 11) is 1.10. The summed E-state index contributed by atoms with van der Waals surface area (Å²) in [5.41, 5.74) is 5.75. The number of alkyl halides is 3.